The molecule has 2 heteroatoms. The van der Waals surface area contributed by atoms with Crippen molar-refractivity contribution in [2.24, 2.45) is 5.92 Å². The van der Waals surface area contributed by atoms with E-state index in [4.69, 9.17) is 4.74 Å². The third-order valence-corrected chi connectivity index (χ3v) is 3.19. The van der Waals surface area contributed by atoms with Gasteiger partial charge in [0.2, 0.25) is 0 Å². The third-order valence-electron chi connectivity index (χ3n) is 3.19. The van der Waals surface area contributed by atoms with Gasteiger partial charge in [-0.05, 0) is 37.0 Å². The molecule has 0 amide bonds. The first-order chi connectivity index (χ1) is 7.20. The van der Waals surface area contributed by atoms with E-state index in [2.05, 4.69) is 31.3 Å². The summed E-state index contributed by atoms with van der Waals surface area (Å²) < 4.78 is 5.14. The average Bonchev–Trinajstić information content (AvgIpc) is 2.94. The zero-order chi connectivity index (χ0) is 10.8. The van der Waals surface area contributed by atoms with Gasteiger partial charge in [0.25, 0.3) is 0 Å². The molecule has 1 saturated carbocycles. The van der Waals surface area contributed by atoms with Gasteiger partial charge in [0.05, 0.1) is 7.11 Å². The Morgan fingerprint density at radius 2 is 1.93 bits per heavy atom. The van der Waals surface area contributed by atoms with E-state index in [1.54, 1.807) is 7.11 Å². The summed E-state index contributed by atoms with van der Waals surface area (Å²) in [6.07, 6.45) is 1.32. The fraction of sp³-hybridized carbons (Fsp3) is 0.538. The van der Waals surface area contributed by atoms with Gasteiger partial charge in [0, 0.05) is 12.1 Å². The predicted octanol–water partition coefficient (Wildman–Crippen LogP) is 2.75. The summed E-state index contributed by atoms with van der Waals surface area (Å²) in [5.74, 6) is 1.77. The van der Waals surface area contributed by atoms with Crippen LogP contribution in [0.3, 0.4) is 0 Å². The molecule has 15 heavy (non-hydrogen) atoms. The Morgan fingerprint density at radius 1 is 1.33 bits per heavy atom. The van der Waals surface area contributed by atoms with Crippen LogP contribution in [0.1, 0.15) is 31.9 Å². The quantitative estimate of drug-likeness (QED) is 0.816. The lowest BCUT2D eigenvalue weighted by Crippen LogP contribution is -2.21. The molecule has 0 aliphatic heterocycles. The summed E-state index contributed by atoms with van der Waals surface area (Å²) in [6.45, 7) is 4.51. The van der Waals surface area contributed by atoms with Gasteiger partial charge < -0.3 is 10.1 Å². The first kappa shape index (κ1) is 10.5. The summed E-state index contributed by atoms with van der Waals surface area (Å²) in [5, 5.41) is 3.62. The number of ether oxygens (including phenoxy) is 1. The van der Waals surface area contributed by atoms with Gasteiger partial charge in [0.15, 0.2) is 0 Å². The van der Waals surface area contributed by atoms with Gasteiger partial charge in [-0.1, -0.05) is 19.1 Å². The van der Waals surface area contributed by atoms with Crippen molar-refractivity contribution >= 4 is 0 Å². The summed E-state index contributed by atoms with van der Waals surface area (Å²) >= 11 is 0. The first-order valence-corrected chi connectivity index (χ1v) is 5.60. The number of methoxy groups -OCH3 is 1. The van der Waals surface area contributed by atoms with Crippen LogP contribution in [0.2, 0.25) is 0 Å². The SMILES string of the molecule is COc1ccc(C(C)NC2CC2C)cc1. The Hall–Kier alpha value is -1.02. The van der Waals surface area contributed by atoms with Crippen LogP contribution >= 0.6 is 0 Å². The van der Waals surface area contributed by atoms with Crippen molar-refractivity contribution in [3.05, 3.63) is 29.8 Å². The molecule has 1 aliphatic carbocycles. The Morgan fingerprint density at radius 3 is 2.40 bits per heavy atom. The number of benzene rings is 1. The molecule has 0 spiro atoms. The van der Waals surface area contributed by atoms with Crippen LogP contribution in [0, 0.1) is 5.92 Å². The second-order valence-electron chi connectivity index (χ2n) is 4.48. The van der Waals surface area contributed by atoms with E-state index in [9.17, 15) is 0 Å². The van der Waals surface area contributed by atoms with Gasteiger partial charge in [-0.3, -0.25) is 0 Å². The second-order valence-corrected chi connectivity index (χ2v) is 4.48. The minimum absolute atomic E-state index is 0.436. The monoisotopic (exact) mass is 205 g/mol. The van der Waals surface area contributed by atoms with Crippen molar-refractivity contribution < 1.29 is 4.74 Å². The normalized spacial score (nSPS) is 26.1. The molecule has 0 heterocycles. The molecule has 3 unspecified atom stereocenters. The Balaban J connectivity index is 1.95. The lowest BCUT2D eigenvalue weighted by Gasteiger charge is -2.14. The molecular formula is C13H19NO. The van der Waals surface area contributed by atoms with Gasteiger partial charge in [-0.2, -0.15) is 0 Å². The predicted molar refractivity (Wildman–Crippen MR) is 62.1 cm³/mol. The maximum atomic E-state index is 5.14. The van der Waals surface area contributed by atoms with E-state index in [1.165, 1.54) is 12.0 Å². The van der Waals surface area contributed by atoms with E-state index < -0.39 is 0 Å². The summed E-state index contributed by atoms with van der Waals surface area (Å²) in [5.41, 5.74) is 1.33. The fourth-order valence-corrected chi connectivity index (χ4v) is 1.86. The topological polar surface area (TPSA) is 21.3 Å². The molecule has 2 rings (SSSR count). The number of rotatable bonds is 4. The van der Waals surface area contributed by atoms with Gasteiger partial charge >= 0.3 is 0 Å². The minimum atomic E-state index is 0.436. The van der Waals surface area contributed by atoms with Crippen molar-refractivity contribution in [2.75, 3.05) is 7.11 Å². The van der Waals surface area contributed by atoms with E-state index in [1.807, 2.05) is 12.1 Å². The van der Waals surface area contributed by atoms with Crippen LogP contribution in [0.4, 0.5) is 0 Å². The molecule has 82 valence electrons. The molecule has 0 saturated heterocycles. The van der Waals surface area contributed by atoms with Crippen LogP contribution in [-0.4, -0.2) is 13.2 Å². The van der Waals surface area contributed by atoms with Crippen LogP contribution < -0.4 is 10.1 Å². The van der Waals surface area contributed by atoms with Gasteiger partial charge in [-0.15, -0.1) is 0 Å². The molecule has 0 aromatic heterocycles. The highest BCUT2D eigenvalue weighted by Crippen LogP contribution is 2.31. The second kappa shape index (κ2) is 4.23. The van der Waals surface area contributed by atoms with Crippen molar-refractivity contribution in [3.8, 4) is 5.75 Å². The standard InChI is InChI=1S/C13H19NO/c1-9-8-13(9)14-10(2)11-4-6-12(15-3)7-5-11/h4-7,9-10,13-14H,8H2,1-3H3. The summed E-state index contributed by atoms with van der Waals surface area (Å²) in [6, 6.07) is 9.45. The van der Waals surface area contributed by atoms with E-state index >= 15 is 0 Å². The van der Waals surface area contributed by atoms with Gasteiger partial charge in [0.1, 0.15) is 5.75 Å². The van der Waals surface area contributed by atoms with Crippen LogP contribution in [0.5, 0.6) is 5.75 Å². The van der Waals surface area contributed by atoms with E-state index in [-0.39, 0.29) is 0 Å². The highest BCUT2D eigenvalue weighted by atomic mass is 16.5. The molecule has 3 atom stereocenters. The maximum absolute atomic E-state index is 5.14. The lowest BCUT2D eigenvalue weighted by molar-refractivity contribution is 0.414. The molecule has 1 aromatic rings. The number of nitrogens with one attached hydrogen (secondary N) is 1. The van der Waals surface area contributed by atoms with Crippen molar-refractivity contribution in [1.82, 2.24) is 5.32 Å². The first-order valence-electron chi connectivity index (χ1n) is 5.60. The molecule has 1 aliphatic rings. The zero-order valence-electron chi connectivity index (χ0n) is 9.66. The number of hydrogen-bond acceptors (Lipinski definition) is 2. The van der Waals surface area contributed by atoms with Gasteiger partial charge in [-0.25, -0.2) is 0 Å². The Kier molecular flexibility index (Phi) is 2.96. The van der Waals surface area contributed by atoms with E-state index in [0.29, 0.717) is 6.04 Å². The minimum Gasteiger partial charge on any atom is -0.497 e. The lowest BCUT2D eigenvalue weighted by atomic mass is 10.1. The maximum Gasteiger partial charge on any atom is 0.118 e. The Bertz CT molecular complexity index is 320. The van der Waals surface area contributed by atoms with Crippen molar-refractivity contribution in [3.63, 3.8) is 0 Å². The third kappa shape index (κ3) is 2.51. The van der Waals surface area contributed by atoms with Crippen LogP contribution in [0.25, 0.3) is 0 Å². The van der Waals surface area contributed by atoms with Crippen molar-refractivity contribution in [2.45, 2.75) is 32.4 Å². The summed E-state index contributed by atoms with van der Waals surface area (Å²) in [7, 11) is 1.70. The molecule has 0 bridgehead atoms. The smallest absolute Gasteiger partial charge is 0.118 e. The number of hydrogen-bond donors (Lipinski definition) is 1. The van der Waals surface area contributed by atoms with Crippen molar-refractivity contribution in [1.29, 1.82) is 0 Å². The Labute approximate surface area is 91.6 Å². The molecule has 2 nitrogen and oxygen atoms in total. The molecule has 1 aromatic carbocycles. The molecule has 1 fully saturated rings. The van der Waals surface area contributed by atoms with E-state index in [0.717, 1.165) is 17.7 Å². The fourth-order valence-electron chi connectivity index (χ4n) is 1.86. The van der Waals surface area contributed by atoms with Crippen LogP contribution in [0.15, 0.2) is 24.3 Å². The average molecular weight is 205 g/mol. The zero-order valence-corrected chi connectivity index (χ0v) is 9.66. The van der Waals surface area contributed by atoms with Crippen LogP contribution in [-0.2, 0) is 0 Å². The largest absolute Gasteiger partial charge is 0.497 e. The highest BCUT2D eigenvalue weighted by molar-refractivity contribution is 5.29. The summed E-state index contributed by atoms with van der Waals surface area (Å²) in [4.78, 5) is 0. The highest BCUT2D eigenvalue weighted by Gasteiger charge is 2.33. The molecule has 1 N–H and O–H groups in total. The molecule has 0 radical (unpaired) electrons. The molecular weight excluding hydrogens is 186 g/mol.